The average Bonchev–Trinajstić information content (AvgIpc) is 2.19. The highest BCUT2D eigenvalue weighted by Gasteiger charge is 1.93. The highest BCUT2D eigenvalue weighted by molar-refractivity contribution is 5.25. The molecule has 0 spiro atoms. The van der Waals surface area contributed by atoms with Gasteiger partial charge in [0.25, 0.3) is 0 Å². The Morgan fingerprint density at radius 2 is 2.08 bits per heavy atom. The summed E-state index contributed by atoms with van der Waals surface area (Å²) in [6.45, 7) is 5.75. The van der Waals surface area contributed by atoms with Crippen LogP contribution in [0.25, 0.3) is 0 Å². The Balaban J connectivity index is 2.68. The second-order valence-electron chi connectivity index (χ2n) is 2.63. The lowest BCUT2D eigenvalue weighted by atomic mass is 10.3. The molecule has 0 aliphatic carbocycles. The fourth-order valence-electron chi connectivity index (χ4n) is 0.992. The van der Waals surface area contributed by atoms with Crippen LogP contribution in [0.3, 0.4) is 0 Å². The fourth-order valence-corrected chi connectivity index (χ4v) is 0.992. The van der Waals surface area contributed by atoms with Gasteiger partial charge < -0.3 is 4.74 Å². The number of rotatable bonds is 4. The van der Waals surface area contributed by atoms with Crippen molar-refractivity contribution in [2.75, 3.05) is 0 Å². The van der Waals surface area contributed by atoms with Crippen LogP contribution in [-0.4, -0.2) is 0 Å². The van der Waals surface area contributed by atoms with E-state index in [2.05, 4.69) is 13.5 Å². The first-order valence-corrected chi connectivity index (χ1v) is 4.42. The molecule has 68 valence electrons. The fraction of sp³-hybridized carbons (Fsp3) is 0.167. The van der Waals surface area contributed by atoms with Crippen molar-refractivity contribution in [3.05, 3.63) is 54.8 Å². The summed E-state index contributed by atoms with van der Waals surface area (Å²) in [5.41, 5.74) is 0. The topological polar surface area (TPSA) is 9.23 Å². The summed E-state index contributed by atoms with van der Waals surface area (Å²) < 4.78 is 5.55. The molecule has 1 nitrogen and oxygen atoms in total. The van der Waals surface area contributed by atoms with E-state index < -0.39 is 0 Å². The van der Waals surface area contributed by atoms with E-state index in [-0.39, 0.29) is 0 Å². The zero-order valence-corrected chi connectivity index (χ0v) is 7.86. The summed E-state index contributed by atoms with van der Waals surface area (Å²) in [6.07, 6.45) is 4.67. The minimum atomic E-state index is 0.814. The Bertz CT molecular complexity index is 285. The van der Waals surface area contributed by atoms with E-state index >= 15 is 0 Å². The molecular weight excluding hydrogens is 160 g/mol. The summed E-state index contributed by atoms with van der Waals surface area (Å²) in [4.78, 5) is 0. The Hall–Kier alpha value is -1.50. The second kappa shape index (κ2) is 5.20. The van der Waals surface area contributed by atoms with Gasteiger partial charge >= 0.3 is 0 Å². The lowest BCUT2D eigenvalue weighted by Crippen LogP contribution is -1.90. The molecule has 0 N–H and O–H groups in total. The number of hydrogen-bond acceptors (Lipinski definition) is 1. The van der Waals surface area contributed by atoms with Crippen LogP contribution in [0.15, 0.2) is 54.8 Å². The number of ether oxygens (including phenoxy) is 1. The maximum atomic E-state index is 5.55. The molecule has 0 atom stereocenters. The van der Waals surface area contributed by atoms with Gasteiger partial charge in [0.05, 0.1) is 0 Å². The minimum Gasteiger partial charge on any atom is -0.458 e. The molecule has 1 aromatic carbocycles. The van der Waals surface area contributed by atoms with E-state index in [1.807, 2.05) is 36.4 Å². The Kier molecular flexibility index (Phi) is 3.83. The molecule has 1 rings (SSSR count). The molecule has 1 heteroatoms. The van der Waals surface area contributed by atoms with E-state index in [0.717, 1.165) is 17.9 Å². The van der Waals surface area contributed by atoms with Crippen molar-refractivity contribution >= 4 is 0 Å². The molecule has 0 aliphatic rings. The monoisotopic (exact) mass is 174 g/mol. The zero-order chi connectivity index (χ0) is 9.52. The third-order valence-corrected chi connectivity index (χ3v) is 1.59. The van der Waals surface area contributed by atoms with Crippen molar-refractivity contribution < 1.29 is 4.74 Å². The smallest absolute Gasteiger partial charge is 0.127 e. The molecule has 0 aromatic heterocycles. The van der Waals surface area contributed by atoms with Crippen LogP contribution in [0.2, 0.25) is 0 Å². The SMILES string of the molecule is C=C/C(=C\CC)Oc1ccccc1. The summed E-state index contributed by atoms with van der Waals surface area (Å²) in [7, 11) is 0. The first-order chi connectivity index (χ1) is 6.36. The van der Waals surface area contributed by atoms with Gasteiger partial charge in [0.15, 0.2) is 0 Å². The van der Waals surface area contributed by atoms with Gasteiger partial charge in [-0.2, -0.15) is 0 Å². The number of benzene rings is 1. The first kappa shape index (κ1) is 9.59. The third kappa shape index (κ3) is 3.16. The van der Waals surface area contributed by atoms with Crippen LogP contribution in [0.4, 0.5) is 0 Å². The van der Waals surface area contributed by atoms with Crippen molar-refractivity contribution in [1.29, 1.82) is 0 Å². The van der Waals surface area contributed by atoms with Crippen LogP contribution in [0.1, 0.15) is 13.3 Å². The van der Waals surface area contributed by atoms with E-state index in [1.165, 1.54) is 0 Å². The molecule has 13 heavy (non-hydrogen) atoms. The van der Waals surface area contributed by atoms with E-state index in [9.17, 15) is 0 Å². The predicted octanol–water partition coefficient (Wildman–Crippen LogP) is 3.55. The lowest BCUT2D eigenvalue weighted by molar-refractivity contribution is 0.442. The van der Waals surface area contributed by atoms with Crippen molar-refractivity contribution in [3.8, 4) is 5.75 Å². The molecule has 0 amide bonds. The van der Waals surface area contributed by atoms with Gasteiger partial charge in [-0.25, -0.2) is 0 Å². The molecule has 0 saturated heterocycles. The van der Waals surface area contributed by atoms with Gasteiger partial charge in [-0.05, 0) is 30.7 Å². The van der Waals surface area contributed by atoms with E-state index in [1.54, 1.807) is 6.08 Å². The van der Waals surface area contributed by atoms with Crippen molar-refractivity contribution in [2.24, 2.45) is 0 Å². The number of allylic oxidation sites excluding steroid dienone is 2. The summed E-state index contributed by atoms with van der Waals surface area (Å²) in [5.74, 6) is 1.66. The van der Waals surface area contributed by atoms with Crippen LogP contribution in [0, 0.1) is 0 Å². The molecule has 0 bridgehead atoms. The summed E-state index contributed by atoms with van der Waals surface area (Å²) in [5, 5.41) is 0. The van der Waals surface area contributed by atoms with Gasteiger partial charge in [-0.15, -0.1) is 0 Å². The van der Waals surface area contributed by atoms with Gasteiger partial charge in [-0.1, -0.05) is 31.7 Å². The lowest BCUT2D eigenvalue weighted by Gasteiger charge is -2.04. The molecular formula is C12H14O. The molecule has 0 aliphatic heterocycles. The van der Waals surface area contributed by atoms with Crippen LogP contribution in [0.5, 0.6) is 5.75 Å². The highest BCUT2D eigenvalue weighted by Crippen LogP contribution is 2.13. The minimum absolute atomic E-state index is 0.814. The standard InChI is InChI=1S/C12H14O/c1-3-8-11(4-2)13-12-9-6-5-7-10-12/h4-10H,2-3H2,1H3/b11-8+. The van der Waals surface area contributed by atoms with E-state index in [0.29, 0.717) is 0 Å². The molecule has 0 saturated carbocycles. The van der Waals surface area contributed by atoms with Crippen molar-refractivity contribution in [2.45, 2.75) is 13.3 Å². The molecule has 0 heterocycles. The Morgan fingerprint density at radius 3 is 2.62 bits per heavy atom. The van der Waals surface area contributed by atoms with Gasteiger partial charge in [0.2, 0.25) is 0 Å². The number of hydrogen-bond donors (Lipinski definition) is 0. The highest BCUT2D eigenvalue weighted by atomic mass is 16.5. The summed E-state index contributed by atoms with van der Waals surface area (Å²) >= 11 is 0. The zero-order valence-electron chi connectivity index (χ0n) is 7.86. The second-order valence-corrected chi connectivity index (χ2v) is 2.63. The molecule has 1 aromatic rings. The van der Waals surface area contributed by atoms with Crippen molar-refractivity contribution in [3.63, 3.8) is 0 Å². The Labute approximate surface area is 79.4 Å². The normalized spacial score (nSPS) is 11.0. The van der Waals surface area contributed by atoms with Gasteiger partial charge in [0.1, 0.15) is 11.5 Å². The third-order valence-electron chi connectivity index (χ3n) is 1.59. The van der Waals surface area contributed by atoms with Crippen LogP contribution >= 0.6 is 0 Å². The van der Waals surface area contributed by atoms with Crippen LogP contribution < -0.4 is 4.74 Å². The quantitative estimate of drug-likeness (QED) is 0.501. The molecule has 0 fully saturated rings. The van der Waals surface area contributed by atoms with Gasteiger partial charge in [-0.3, -0.25) is 0 Å². The summed E-state index contributed by atoms with van der Waals surface area (Å²) in [6, 6.07) is 9.70. The predicted molar refractivity (Wildman–Crippen MR) is 55.6 cm³/mol. The Morgan fingerprint density at radius 1 is 1.38 bits per heavy atom. The largest absolute Gasteiger partial charge is 0.458 e. The maximum absolute atomic E-state index is 5.55. The van der Waals surface area contributed by atoms with Gasteiger partial charge in [0, 0.05) is 0 Å². The van der Waals surface area contributed by atoms with Crippen molar-refractivity contribution in [1.82, 2.24) is 0 Å². The average molecular weight is 174 g/mol. The first-order valence-electron chi connectivity index (χ1n) is 4.42. The van der Waals surface area contributed by atoms with E-state index in [4.69, 9.17) is 4.74 Å². The molecule has 0 unspecified atom stereocenters. The molecule has 0 radical (unpaired) electrons. The van der Waals surface area contributed by atoms with Crippen LogP contribution in [-0.2, 0) is 0 Å². The maximum Gasteiger partial charge on any atom is 0.127 e. The number of para-hydroxylation sites is 1.